The van der Waals surface area contributed by atoms with E-state index in [1.165, 1.54) is 199 Å². The van der Waals surface area contributed by atoms with Crippen LogP contribution in [-0.4, -0.2) is 37.2 Å². The van der Waals surface area contributed by atoms with E-state index in [1.54, 1.807) is 0 Å². The summed E-state index contributed by atoms with van der Waals surface area (Å²) in [6.45, 7) is 6.55. The highest BCUT2D eigenvalue weighted by atomic mass is 16.6. The summed E-state index contributed by atoms with van der Waals surface area (Å²) in [5.74, 6) is -0.912. The van der Waals surface area contributed by atoms with Crippen LogP contribution in [0.5, 0.6) is 0 Å². The zero-order chi connectivity index (χ0) is 59.2. The minimum Gasteiger partial charge on any atom is -0.462 e. The summed E-state index contributed by atoms with van der Waals surface area (Å²) in [4.78, 5) is 38.5. The van der Waals surface area contributed by atoms with Gasteiger partial charge >= 0.3 is 17.9 Å². The zero-order valence-corrected chi connectivity index (χ0v) is 54.2. The van der Waals surface area contributed by atoms with E-state index in [9.17, 15) is 14.4 Å². The van der Waals surface area contributed by atoms with Gasteiger partial charge in [0.1, 0.15) is 13.2 Å². The van der Waals surface area contributed by atoms with Gasteiger partial charge in [0, 0.05) is 19.3 Å². The zero-order valence-electron chi connectivity index (χ0n) is 54.2. The van der Waals surface area contributed by atoms with Crippen molar-refractivity contribution >= 4 is 17.9 Å². The van der Waals surface area contributed by atoms with Crippen LogP contribution in [0.2, 0.25) is 0 Å². The Kier molecular flexibility index (Phi) is 66.7. The van der Waals surface area contributed by atoms with Crippen LogP contribution >= 0.6 is 0 Å². The normalized spacial score (nSPS) is 12.7. The molecule has 0 radical (unpaired) electrons. The highest BCUT2D eigenvalue weighted by Crippen LogP contribution is 2.18. The first-order chi connectivity index (χ1) is 40.5. The SMILES string of the molecule is CC/C=C\C/C=C\C/C=C\C/C=C\C/C=C\C/C=C\C/C=C\C/C=C\CCCCC(=O)OCC(COC(=O)CCCCCCCCCCCCCCCCCC)OC(=O)CCCCCCCCCCCCCCCCCCCCCCC. The average molecular weight is 1140 g/mol. The summed E-state index contributed by atoms with van der Waals surface area (Å²) < 4.78 is 17.0. The highest BCUT2D eigenvalue weighted by molar-refractivity contribution is 5.71. The summed E-state index contributed by atoms with van der Waals surface area (Å²) in [6.07, 6.45) is 94.3. The summed E-state index contributed by atoms with van der Waals surface area (Å²) >= 11 is 0. The molecule has 1 atom stereocenters. The molecule has 472 valence electrons. The van der Waals surface area contributed by atoms with E-state index >= 15 is 0 Å². The number of allylic oxidation sites excluding steroid dienone is 16. The number of unbranched alkanes of at least 4 members (excludes halogenated alkanes) is 37. The van der Waals surface area contributed by atoms with Crippen LogP contribution < -0.4 is 0 Å². The molecule has 6 heteroatoms. The molecule has 0 fully saturated rings. The standard InChI is InChI=1S/C76H132O6/c1-4-7-10-13-16-19-22-25-28-31-33-35-36-37-38-39-40-42-43-45-48-51-54-57-60-63-66-69-75(78)81-72-73(71-80-74(77)68-65-62-59-56-53-50-47-30-27-24-21-18-15-12-9-6-3)82-76(79)70-67-64-61-58-55-52-49-46-44-41-34-32-29-26-23-20-17-14-11-8-5-2/h7,10,16,19,25,28,33,35,37-38,40,42,45,48,54,57,73H,4-6,8-9,11-15,17-18,20-24,26-27,29-32,34,36,39,41,43-44,46-47,49-53,55-56,58-72H2,1-3H3/b10-7-,19-16-,28-25-,35-33-,38-37-,42-40-,48-45-,57-54-. The predicted molar refractivity (Wildman–Crippen MR) is 357 cm³/mol. The van der Waals surface area contributed by atoms with Crippen LogP contribution in [-0.2, 0) is 28.6 Å². The molecule has 82 heavy (non-hydrogen) atoms. The summed E-state index contributed by atoms with van der Waals surface area (Å²) in [7, 11) is 0. The molecule has 0 rings (SSSR count). The van der Waals surface area contributed by atoms with Crippen molar-refractivity contribution in [1.82, 2.24) is 0 Å². The Labute approximate surface area is 508 Å². The molecule has 0 aromatic rings. The van der Waals surface area contributed by atoms with E-state index in [1.807, 2.05) is 0 Å². The Balaban J connectivity index is 4.41. The van der Waals surface area contributed by atoms with Crippen LogP contribution in [0.25, 0.3) is 0 Å². The smallest absolute Gasteiger partial charge is 0.306 e. The van der Waals surface area contributed by atoms with Gasteiger partial charge in [0.15, 0.2) is 6.10 Å². The fourth-order valence-corrected chi connectivity index (χ4v) is 10.1. The Morgan fingerprint density at radius 2 is 0.476 bits per heavy atom. The van der Waals surface area contributed by atoms with E-state index in [2.05, 4.69) is 118 Å². The molecule has 0 aromatic heterocycles. The monoisotopic (exact) mass is 1140 g/mol. The average Bonchev–Trinajstić information content (AvgIpc) is 3.47. The number of carbonyl (C=O) groups excluding carboxylic acids is 3. The number of rotatable bonds is 64. The Hall–Kier alpha value is -3.67. The lowest BCUT2D eigenvalue weighted by Gasteiger charge is -2.18. The van der Waals surface area contributed by atoms with Gasteiger partial charge in [0.2, 0.25) is 0 Å². The fraction of sp³-hybridized carbons (Fsp3) is 0.750. The maximum Gasteiger partial charge on any atom is 0.306 e. The summed E-state index contributed by atoms with van der Waals surface area (Å²) in [6, 6.07) is 0. The van der Waals surface area contributed by atoms with E-state index < -0.39 is 6.10 Å². The largest absolute Gasteiger partial charge is 0.462 e. The number of hydrogen-bond acceptors (Lipinski definition) is 6. The second kappa shape index (κ2) is 69.8. The first kappa shape index (κ1) is 78.3. The van der Waals surface area contributed by atoms with Crippen LogP contribution in [0, 0.1) is 0 Å². The molecule has 6 nitrogen and oxygen atoms in total. The molecule has 0 saturated carbocycles. The molecule has 0 bridgehead atoms. The van der Waals surface area contributed by atoms with Gasteiger partial charge in [-0.25, -0.2) is 0 Å². The van der Waals surface area contributed by atoms with Gasteiger partial charge in [-0.15, -0.1) is 0 Å². The first-order valence-electron chi connectivity index (χ1n) is 35.2. The number of esters is 3. The predicted octanol–water partition coefficient (Wildman–Crippen LogP) is 24.4. The number of hydrogen-bond donors (Lipinski definition) is 0. The van der Waals surface area contributed by atoms with Crippen molar-refractivity contribution in [3.8, 4) is 0 Å². The third kappa shape index (κ3) is 67.1. The van der Waals surface area contributed by atoms with E-state index in [-0.39, 0.29) is 31.1 Å². The van der Waals surface area contributed by atoms with E-state index in [0.717, 1.165) is 109 Å². The Bertz CT molecular complexity index is 1590. The third-order valence-corrected chi connectivity index (χ3v) is 15.4. The molecule has 1 unspecified atom stereocenters. The molecule has 0 aliphatic heterocycles. The molecular formula is C76H132O6. The Morgan fingerprint density at radius 1 is 0.256 bits per heavy atom. The summed E-state index contributed by atoms with van der Waals surface area (Å²) in [5, 5.41) is 0. The van der Waals surface area contributed by atoms with Gasteiger partial charge in [-0.3, -0.25) is 14.4 Å². The molecule has 0 aliphatic rings. The lowest BCUT2D eigenvalue weighted by Crippen LogP contribution is -2.30. The lowest BCUT2D eigenvalue weighted by molar-refractivity contribution is -0.167. The van der Waals surface area contributed by atoms with Crippen LogP contribution in [0.1, 0.15) is 348 Å². The van der Waals surface area contributed by atoms with Crippen LogP contribution in [0.15, 0.2) is 97.2 Å². The summed E-state index contributed by atoms with van der Waals surface area (Å²) in [5.41, 5.74) is 0. The van der Waals surface area contributed by atoms with Crippen LogP contribution in [0.4, 0.5) is 0 Å². The number of ether oxygens (including phenoxy) is 3. The van der Waals surface area contributed by atoms with Gasteiger partial charge in [-0.05, 0) is 83.5 Å². The maximum atomic E-state index is 13.0. The van der Waals surface area contributed by atoms with Crippen molar-refractivity contribution in [3.63, 3.8) is 0 Å². The Morgan fingerprint density at radius 3 is 0.744 bits per heavy atom. The molecule has 0 heterocycles. The molecule has 0 N–H and O–H groups in total. The molecule has 0 saturated heterocycles. The molecule has 0 aromatic carbocycles. The van der Waals surface area contributed by atoms with Gasteiger partial charge in [-0.1, -0.05) is 343 Å². The fourth-order valence-electron chi connectivity index (χ4n) is 10.1. The van der Waals surface area contributed by atoms with Gasteiger partial charge in [-0.2, -0.15) is 0 Å². The van der Waals surface area contributed by atoms with Crippen LogP contribution in [0.3, 0.4) is 0 Å². The lowest BCUT2D eigenvalue weighted by atomic mass is 10.0. The van der Waals surface area contributed by atoms with Crippen molar-refractivity contribution in [2.75, 3.05) is 13.2 Å². The topological polar surface area (TPSA) is 78.9 Å². The minimum absolute atomic E-state index is 0.0867. The third-order valence-electron chi connectivity index (χ3n) is 15.4. The second-order valence-corrected chi connectivity index (χ2v) is 23.4. The number of carbonyl (C=O) groups is 3. The van der Waals surface area contributed by atoms with Crippen molar-refractivity contribution in [1.29, 1.82) is 0 Å². The van der Waals surface area contributed by atoms with Crippen molar-refractivity contribution in [2.45, 2.75) is 354 Å². The van der Waals surface area contributed by atoms with E-state index in [0.29, 0.717) is 19.3 Å². The van der Waals surface area contributed by atoms with Crippen molar-refractivity contribution < 1.29 is 28.6 Å². The van der Waals surface area contributed by atoms with E-state index in [4.69, 9.17) is 14.2 Å². The molecule has 0 aliphatic carbocycles. The van der Waals surface area contributed by atoms with Gasteiger partial charge in [0.05, 0.1) is 0 Å². The van der Waals surface area contributed by atoms with Crippen molar-refractivity contribution in [2.24, 2.45) is 0 Å². The quantitative estimate of drug-likeness (QED) is 0.0261. The molecule has 0 spiro atoms. The minimum atomic E-state index is -0.795. The molecular weight excluding hydrogens is 1010 g/mol. The van der Waals surface area contributed by atoms with Gasteiger partial charge < -0.3 is 14.2 Å². The second-order valence-electron chi connectivity index (χ2n) is 23.4. The van der Waals surface area contributed by atoms with Gasteiger partial charge in [0.25, 0.3) is 0 Å². The van der Waals surface area contributed by atoms with Crippen molar-refractivity contribution in [3.05, 3.63) is 97.2 Å². The maximum absolute atomic E-state index is 13.0. The first-order valence-corrected chi connectivity index (χ1v) is 35.2. The highest BCUT2D eigenvalue weighted by Gasteiger charge is 2.19. The molecule has 0 amide bonds.